The summed E-state index contributed by atoms with van der Waals surface area (Å²) in [7, 11) is -0.0930. The van der Waals surface area contributed by atoms with Gasteiger partial charge in [-0.25, -0.2) is 8.42 Å². The molecular formula is C18H27ClN3O4S+. The molecule has 2 aliphatic heterocycles. The van der Waals surface area contributed by atoms with E-state index >= 15 is 0 Å². The van der Waals surface area contributed by atoms with Crippen molar-refractivity contribution < 1.29 is 22.8 Å². The summed E-state index contributed by atoms with van der Waals surface area (Å²) in [6.07, 6.45) is 1.41. The van der Waals surface area contributed by atoms with E-state index in [1.54, 1.807) is 6.07 Å². The normalized spacial score (nSPS) is 22.6. The van der Waals surface area contributed by atoms with Gasteiger partial charge in [0.25, 0.3) is 0 Å². The van der Waals surface area contributed by atoms with Gasteiger partial charge in [-0.3, -0.25) is 4.79 Å². The lowest BCUT2D eigenvalue weighted by molar-refractivity contribution is -0.883. The minimum Gasteiger partial charge on any atom is -0.495 e. The molecule has 0 aromatic heterocycles. The Bertz CT molecular complexity index is 794. The first-order chi connectivity index (χ1) is 12.8. The molecular weight excluding hydrogens is 390 g/mol. The van der Waals surface area contributed by atoms with Gasteiger partial charge in [0.15, 0.2) is 0 Å². The number of benzene rings is 1. The van der Waals surface area contributed by atoms with Crippen LogP contribution >= 0.6 is 11.6 Å². The lowest BCUT2D eigenvalue weighted by Crippen LogP contribution is -3.12. The molecule has 0 bridgehead atoms. The molecule has 1 aromatic rings. The number of hydrogen-bond donors (Lipinski definition) is 1. The van der Waals surface area contributed by atoms with Crippen LogP contribution in [0.5, 0.6) is 5.75 Å². The number of nitrogens with one attached hydrogen (secondary N) is 1. The fourth-order valence-corrected chi connectivity index (χ4v) is 5.56. The monoisotopic (exact) mass is 416 g/mol. The number of carbonyl (C=O) groups excluding carboxylic acids is 1. The first-order valence-corrected chi connectivity index (χ1v) is 11.1. The van der Waals surface area contributed by atoms with E-state index in [0.717, 1.165) is 32.6 Å². The van der Waals surface area contributed by atoms with Crippen molar-refractivity contribution in [3.63, 3.8) is 0 Å². The smallest absolute Gasteiger partial charge is 0.243 e. The van der Waals surface area contributed by atoms with Gasteiger partial charge in [0, 0.05) is 13.1 Å². The first kappa shape index (κ1) is 20.4. The van der Waals surface area contributed by atoms with Crippen molar-refractivity contribution in [3.05, 3.63) is 23.2 Å². The van der Waals surface area contributed by atoms with Crippen molar-refractivity contribution in [2.45, 2.75) is 17.7 Å². The highest BCUT2D eigenvalue weighted by atomic mass is 35.5. The quantitative estimate of drug-likeness (QED) is 0.756. The SMILES string of the molecule is COc1ccc(S(=O)(=O)N2CCC[C@@H](C(=O)N3CC[NH+](C)CC3)C2)cc1Cl. The second-order valence-corrected chi connectivity index (χ2v) is 9.63. The van der Waals surface area contributed by atoms with Crippen molar-refractivity contribution in [2.24, 2.45) is 5.92 Å². The van der Waals surface area contributed by atoms with E-state index in [9.17, 15) is 13.2 Å². The Morgan fingerprint density at radius 1 is 1.26 bits per heavy atom. The van der Waals surface area contributed by atoms with Crippen LogP contribution in [0.3, 0.4) is 0 Å². The van der Waals surface area contributed by atoms with Crippen LogP contribution in [0, 0.1) is 5.92 Å². The van der Waals surface area contributed by atoms with Gasteiger partial charge in [-0.1, -0.05) is 11.6 Å². The highest BCUT2D eigenvalue weighted by Gasteiger charge is 2.36. The molecule has 1 atom stereocenters. The molecule has 150 valence electrons. The summed E-state index contributed by atoms with van der Waals surface area (Å²) < 4.78 is 32.6. The third-order valence-electron chi connectivity index (χ3n) is 5.42. The second-order valence-electron chi connectivity index (χ2n) is 7.28. The van der Waals surface area contributed by atoms with E-state index < -0.39 is 10.0 Å². The molecule has 27 heavy (non-hydrogen) atoms. The fraction of sp³-hybridized carbons (Fsp3) is 0.611. The molecule has 1 aromatic carbocycles. The van der Waals surface area contributed by atoms with Gasteiger partial charge in [0.2, 0.25) is 15.9 Å². The van der Waals surface area contributed by atoms with Gasteiger partial charge in [-0.05, 0) is 31.0 Å². The number of rotatable bonds is 4. The van der Waals surface area contributed by atoms with Crippen LogP contribution in [0.4, 0.5) is 0 Å². The molecule has 2 aliphatic rings. The average Bonchev–Trinajstić information content (AvgIpc) is 2.68. The number of ether oxygens (including phenoxy) is 1. The highest BCUT2D eigenvalue weighted by Crippen LogP contribution is 2.30. The zero-order chi connectivity index (χ0) is 19.6. The largest absolute Gasteiger partial charge is 0.495 e. The average molecular weight is 417 g/mol. The maximum absolute atomic E-state index is 13.0. The number of piperazine rings is 1. The van der Waals surface area contributed by atoms with E-state index in [-0.39, 0.29) is 28.3 Å². The third-order valence-corrected chi connectivity index (χ3v) is 7.58. The number of hydrogen-bond acceptors (Lipinski definition) is 4. The summed E-state index contributed by atoms with van der Waals surface area (Å²) >= 11 is 6.10. The van der Waals surface area contributed by atoms with E-state index in [1.807, 2.05) is 4.90 Å². The van der Waals surface area contributed by atoms with Crippen LogP contribution in [0.25, 0.3) is 0 Å². The van der Waals surface area contributed by atoms with E-state index in [2.05, 4.69) is 7.05 Å². The van der Waals surface area contributed by atoms with Crippen LogP contribution in [-0.2, 0) is 14.8 Å². The minimum absolute atomic E-state index is 0.0789. The number of likely N-dealkylation sites (N-methyl/N-ethyl adjacent to an activating group) is 1. The number of carbonyl (C=O) groups is 1. The molecule has 3 rings (SSSR count). The minimum atomic E-state index is -3.70. The zero-order valence-electron chi connectivity index (χ0n) is 15.8. The number of quaternary nitrogens is 1. The molecule has 0 radical (unpaired) electrons. The number of halogens is 1. The number of methoxy groups -OCH3 is 1. The van der Waals surface area contributed by atoms with Crippen LogP contribution in [0.1, 0.15) is 12.8 Å². The van der Waals surface area contributed by atoms with Gasteiger partial charge >= 0.3 is 0 Å². The van der Waals surface area contributed by atoms with Gasteiger partial charge in [-0.15, -0.1) is 0 Å². The molecule has 0 saturated carbocycles. The van der Waals surface area contributed by atoms with Gasteiger partial charge in [0.05, 0.1) is 56.2 Å². The van der Waals surface area contributed by atoms with Gasteiger partial charge in [-0.2, -0.15) is 4.31 Å². The van der Waals surface area contributed by atoms with E-state index in [0.29, 0.717) is 18.7 Å². The van der Waals surface area contributed by atoms with Crippen molar-refractivity contribution in [1.29, 1.82) is 0 Å². The number of sulfonamides is 1. The van der Waals surface area contributed by atoms with Crippen LogP contribution in [0.2, 0.25) is 5.02 Å². The van der Waals surface area contributed by atoms with Crippen molar-refractivity contribution in [1.82, 2.24) is 9.21 Å². The number of amides is 1. The summed E-state index contributed by atoms with van der Waals surface area (Å²) in [5.41, 5.74) is 0. The lowest BCUT2D eigenvalue weighted by Gasteiger charge is -2.36. The highest BCUT2D eigenvalue weighted by molar-refractivity contribution is 7.89. The molecule has 2 saturated heterocycles. The maximum Gasteiger partial charge on any atom is 0.243 e. The summed E-state index contributed by atoms with van der Waals surface area (Å²) in [5, 5.41) is 0.253. The molecule has 2 heterocycles. The summed E-state index contributed by atoms with van der Waals surface area (Å²) in [6, 6.07) is 4.45. The van der Waals surface area contributed by atoms with Gasteiger partial charge in [0.1, 0.15) is 5.75 Å². The third kappa shape index (κ3) is 4.39. The Balaban J connectivity index is 1.73. The predicted molar refractivity (Wildman–Crippen MR) is 103 cm³/mol. The Morgan fingerprint density at radius 2 is 1.96 bits per heavy atom. The molecule has 0 aliphatic carbocycles. The predicted octanol–water partition coefficient (Wildman–Crippen LogP) is 0.106. The molecule has 0 spiro atoms. The zero-order valence-corrected chi connectivity index (χ0v) is 17.4. The Kier molecular flexibility index (Phi) is 6.30. The summed E-state index contributed by atoms with van der Waals surface area (Å²) in [6.45, 7) is 3.99. The Morgan fingerprint density at radius 3 is 2.59 bits per heavy atom. The Hall–Kier alpha value is -1.35. The fourth-order valence-electron chi connectivity index (χ4n) is 3.69. The Labute approximate surface area is 165 Å². The summed E-state index contributed by atoms with van der Waals surface area (Å²) in [5.74, 6) is 0.232. The first-order valence-electron chi connectivity index (χ1n) is 9.26. The molecule has 0 unspecified atom stereocenters. The number of nitrogens with zero attached hydrogens (tertiary/aromatic N) is 2. The van der Waals surface area contributed by atoms with Crippen LogP contribution < -0.4 is 9.64 Å². The van der Waals surface area contributed by atoms with Crippen LogP contribution in [-0.4, -0.2) is 77.0 Å². The molecule has 7 nitrogen and oxygen atoms in total. The second kappa shape index (κ2) is 8.34. The molecule has 9 heteroatoms. The number of piperidine rings is 1. The maximum atomic E-state index is 13.0. The van der Waals surface area contributed by atoms with Crippen molar-refractivity contribution in [3.8, 4) is 5.75 Å². The standard InChI is InChI=1S/C18H26ClN3O4S/c1-20-8-10-21(11-9-20)18(23)14-4-3-7-22(13-14)27(24,25)15-5-6-17(26-2)16(19)12-15/h5-6,12,14H,3-4,7-11,13H2,1-2H3/p+1/t14-/m1/s1. The van der Waals surface area contributed by atoms with Crippen molar-refractivity contribution in [2.75, 3.05) is 53.4 Å². The molecule has 1 amide bonds. The van der Waals surface area contributed by atoms with Crippen molar-refractivity contribution >= 4 is 27.5 Å². The lowest BCUT2D eigenvalue weighted by atomic mass is 9.98. The summed E-state index contributed by atoms with van der Waals surface area (Å²) in [4.78, 5) is 16.3. The van der Waals surface area contributed by atoms with E-state index in [4.69, 9.17) is 16.3 Å². The molecule has 2 fully saturated rings. The topological polar surface area (TPSA) is 71.4 Å². The van der Waals surface area contributed by atoms with Gasteiger partial charge < -0.3 is 14.5 Å². The van der Waals surface area contributed by atoms with Crippen LogP contribution in [0.15, 0.2) is 23.1 Å². The van der Waals surface area contributed by atoms with E-state index in [1.165, 1.54) is 28.4 Å². The molecule has 1 N–H and O–H groups in total.